The Morgan fingerprint density at radius 2 is 0.771 bits per heavy atom. The van der Waals surface area contributed by atoms with Crippen molar-refractivity contribution in [3.8, 4) is 39.1 Å². The standard InChI is InChI=1S/C38H16B8O2/c39-30-27(33(42)38(47)34(43)28(30)29-31(40)35(44)37(46)36(45)32(29)41)26-20-10-3-1-8-18(20)25(19-9-2-4-11-21(19)26)16-13-14-24-22(15-16)17-7-5-6-12-23(17)48-24/h1-15,47H. The lowest BCUT2D eigenvalue weighted by Gasteiger charge is -2.28. The molecule has 48 heavy (non-hydrogen) atoms. The zero-order valence-corrected chi connectivity index (χ0v) is 25.6. The highest BCUT2D eigenvalue weighted by Crippen LogP contribution is 2.44. The molecule has 0 saturated heterocycles. The quantitative estimate of drug-likeness (QED) is 0.246. The van der Waals surface area contributed by atoms with E-state index in [1.165, 1.54) is 0 Å². The summed E-state index contributed by atoms with van der Waals surface area (Å²) in [6.45, 7) is 0. The highest BCUT2D eigenvalue weighted by molar-refractivity contribution is 6.69. The molecule has 16 radical (unpaired) electrons. The SMILES string of the molecule is [B]c1c([B])c([B])c(-c2c([B])c(O)c([B])c(-c3c4ccccc4c(-c4ccc5oc6ccccc6c5c4)c4ccccc34)c2[B])c([B])c1[B]. The number of fused-ring (bicyclic) bond motifs is 5. The van der Waals surface area contributed by atoms with Crippen molar-refractivity contribution in [1.29, 1.82) is 0 Å². The third kappa shape index (κ3) is 4.24. The summed E-state index contributed by atoms with van der Waals surface area (Å²) in [5.74, 6) is -0.378. The molecule has 1 aromatic heterocycles. The van der Waals surface area contributed by atoms with E-state index in [4.69, 9.17) is 67.2 Å². The van der Waals surface area contributed by atoms with Crippen LogP contribution in [0, 0.1) is 0 Å². The minimum Gasteiger partial charge on any atom is -0.509 e. The fourth-order valence-corrected chi connectivity index (χ4v) is 7.05. The lowest BCUT2D eigenvalue weighted by atomic mass is 9.57. The number of rotatable bonds is 3. The minimum atomic E-state index is -0.378. The van der Waals surface area contributed by atoms with Crippen molar-refractivity contribution in [2.24, 2.45) is 0 Å². The average Bonchev–Trinajstić information content (AvgIpc) is 3.48. The van der Waals surface area contributed by atoms with E-state index in [-0.39, 0.29) is 60.6 Å². The van der Waals surface area contributed by atoms with Crippen LogP contribution in [-0.2, 0) is 0 Å². The van der Waals surface area contributed by atoms with Gasteiger partial charge in [-0.1, -0.05) is 89.2 Å². The van der Waals surface area contributed by atoms with Crippen LogP contribution in [0.25, 0.3) is 76.9 Å². The third-order valence-corrected chi connectivity index (χ3v) is 9.38. The average molecular weight is 591 g/mol. The summed E-state index contributed by atoms with van der Waals surface area (Å²) in [7, 11) is 51.7. The predicted molar refractivity (Wildman–Crippen MR) is 210 cm³/mol. The van der Waals surface area contributed by atoms with Gasteiger partial charge in [0.2, 0.25) is 0 Å². The maximum Gasteiger partial charge on any atom is 0.135 e. The van der Waals surface area contributed by atoms with Crippen molar-refractivity contribution in [2.45, 2.75) is 0 Å². The molecule has 7 aromatic carbocycles. The molecule has 0 amide bonds. The largest absolute Gasteiger partial charge is 0.509 e. The van der Waals surface area contributed by atoms with Gasteiger partial charge in [-0.2, -0.15) is 0 Å². The van der Waals surface area contributed by atoms with E-state index < -0.39 is 0 Å². The summed E-state index contributed by atoms with van der Waals surface area (Å²) in [5, 5.41) is 17.1. The van der Waals surface area contributed by atoms with E-state index in [1.807, 2.05) is 60.7 Å². The number of aromatic hydroxyl groups is 1. The monoisotopic (exact) mass is 592 g/mol. The molecule has 0 aliphatic heterocycles. The van der Waals surface area contributed by atoms with Gasteiger partial charge in [-0.05, 0) is 84.1 Å². The maximum absolute atomic E-state index is 11.5. The van der Waals surface area contributed by atoms with Crippen LogP contribution in [0.4, 0.5) is 0 Å². The van der Waals surface area contributed by atoms with Gasteiger partial charge in [0.1, 0.15) is 79.7 Å². The smallest absolute Gasteiger partial charge is 0.135 e. The van der Waals surface area contributed by atoms with Crippen LogP contribution >= 0.6 is 0 Å². The number of hydrogen-bond donors (Lipinski definition) is 1. The molecule has 0 saturated carbocycles. The molecule has 2 nitrogen and oxygen atoms in total. The van der Waals surface area contributed by atoms with E-state index in [9.17, 15) is 5.11 Å². The third-order valence-electron chi connectivity index (χ3n) is 9.38. The van der Waals surface area contributed by atoms with E-state index in [0.29, 0.717) is 11.1 Å². The molecule has 0 unspecified atom stereocenters. The Hall–Kier alpha value is -4.82. The highest BCUT2D eigenvalue weighted by Gasteiger charge is 2.25. The van der Waals surface area contributed by atoms with E-state index in [1.54, 1.807) is 0 Å². The van der Waals surface area contributed by atoms with Crippen LogP contribution in [0.3, 0.4) is 0 Å². The van der Waals surface area contributed by atoms with Gasteiger partial charge in [0.25, 0.3) is 0 Å². The van der Waals surface area contributed by atoms with Crippen molar-refractivity contribution < 1.29 is 9.52 Å². The molecule has 0 bridgehead atoms. The Labute approximate surface area is 288 Å². The number of furan rings is 1. The summed E-state index contributed by atoms with van der Waals surface area (Å²) < 4.78 is 6.13. The van der Waals surface area contributed by atoms with Crippen molar-refractivity contribution in [1.82, 2.24) is 0 Å². The van der Waals surface area contributed by atoms with Crippen LogP contribution < -0.4 is 43.7 Å². The minimum absolute atomic E-state index is 0.00313. The second kappa shape index (κ2) is 11.1. The molecule has 0 fully saturated rings. The second-order valence-corrected chi connectivity index (χ2v) is 11.9. The van der Waals surface area contributed by atoms with Crippen LogP contribution in [0.5, 0.6) is 5.75 Å². The first kappa shape index (κ1) is 30.5. The summed E-state index contributed by atoms with van der Waals surface area (Å²) in [6, 6.07) is 30.2. The molecule has 204 valence electrons. The van der Waals surface area contributed by atoms with Gasteiger partial charge in [-0.15, -0.1) is 16.4 Å². The van der Waals surface area contributed by atoms with Crippen molar-refractivity contribution in [3.63, 3.8) is 0 Å². The van der Waals surface area contributed by atoms with Gasteiger partial charge in [-0.25, -0.2) is 0 Å². The normalized spacial score (nSPS) is 11.7. The Bertz CT molecular complexity index is 2590. The van der Waals surface area contributed by atoms with Crippen LogP contribution in [-0.4, -0.2) is 67.9 Å². The summed E-state index contributed by atoms with van der Waals surface area (Å²) in [6.07, 6.45) is 0. The highest BCUT2D eigenvalue weighted by atomic mass is 16.3. The number of para-hydroxylation sites is 1. The van der Waals surface area contributed by atoms with Crippen LogP contribution in [0.1, 0.15) is 0 Å². The molecule has 8 rings (SSSR count). The molecule has 1 N–H and O–H groups in total. The molecule has 8 aromatic rings. The lowest BCUT2D eigenvalue weighted by molar-refractivity contribution is 0.484. The molecular weight excluding hydrogens is 575 g/mol. The van der Waals surface area contributed by atoms with Crippen molar-refractivity contribution in [2.75, 3.05) is 0 Å². The Kier molecular flexibility index (Phi) is 7.07. The molecule has 0 spiro atoms. The topological polar surface area (TPSA) is 33.4 Å². The van der Waals surface area contributed by atoms with E-state index in [2.05, 4.69) is 30.3 Å². The first-order valence-corrected chi connectivity index (χ1v) is 15.2. The molecule has 0 aliphatic carbocycles. The van der Waals surface area contributed by atoms with Crippen molar-refractivity contribution >= 4 is 150 Å². The van der Waals surface area contributed by atoms with Gasteiger partial charge in [0.05, 0.1) is 0 Å². The zero-order valence-electron chi connectivity index (χ0n) is 25.6. The van der Waals surface area contributed by atoms with Crippen LogP contribution in [0.2, 0.25) is 0 Å². The van der Waals surface area contributed by atoms with Gasteiger partial charge < -0.3 is 9.52 Å². The summed E-state index contributed by atoms with van der Waals surface area (Å²) in [5.41, 5.74) is 5.17. The first-order chi connectivity index (χ1) is 23.1. The Morgan fingerprint density at radius 3 is 1.33 bits per heavy atom. The van der Waals surface area contributed by atoms with Crippen LogP contribution in [0.15, 0.2) is 95.4 Å². The van der Waals surface area contributed by atoms with Gasteiger partial charge >= 0.3 is 0 Å². The molecule has 10 heteroatoms. The molecule has 0 atom stereocenters. The second-order valence-electron chi connectivity index (χ2n) is 11.9. The maximum atomic E-state index is 11.5. The predicted octanol–water partition coefficient (Wildman–Crippen LogP) is 0.949. The van der Waals surface area contributed by atoms with Gasteiger partial charge in [0.15, 0.2) is 0 Å². The van der Waals surface area contributed by atoms with E-state index in [0.717, 1.165) is 54.6 Å². The molecule has 0 aliphatic rings. The number of phenolic OH excluding ortho intramolecular Hbond substituents is 1. The summed E-state index contributed by atoms with van der Waals surface area (Å²) in [4.78, 5) is 0. The van der Waals surface area contributed by atoms with Gasteiger partial charge in [-0.3, -0.25) is 0 Å². The number of phenols is 1. The fourth-order valence-electron chi connectivity index (χ4n) is 7.05. The zero-order chi connectivity index (χ0) is 33.6. The Morgan fingerprint density at radius 1 is 0.354 bits per heavy atom. The number of benzene rings is 7. The molecular formula is C38H16B8O2. The first-order valence-electron chi connectivity index (χ1n) is 15.2. The van der Waals surface area contributed by atoms with Gasteiger partial charge in [0, 0.05) is 10.8 Å². The Balaban J connectivity index is 1.50. The molecule has 1 heterocycles. The lowest BCUT2D eigenvalue weighted by Crippen LogP contribution is -2.56. The van der Waals surface area contributed by atoms with E-state index >= 15 is 0 Å². The van der Waals surface area contributed by atoms with Crippen molar-refractivity contribution in [3.05, 3.63) is 91.0 Å². The number of hydrogen-bond acceptors (Lipinski definition) is 2. The summed E-state index contributed by atoms with van der Waals surface area (Å²) >= 11 is 0. The fraction of sp³-hybridized carbons (Fsp3) is 0.